The highest BCUT2D eigenvalue weighted by Crippen LogP contribution is 2.38. The van der Waals surface area contributed by atoms with Gasteiger partial charge in [0.1, 0.15) is 6.61 Å². The number of carbonyl (C=O) groups is 1. The Morgan fingerprint density at radius 3 is 2.73 bits per heavy atom. The second-order valence-electron chi connectivity index (χ2n) is 3.88. The molecule has 0 spiro atoms. The second kappa shape index (κ2) is 4.45. The van der Waals surface area contributed by atoms with Crippen LogP contribution in [0.25, 0.3) is 0 Å². The van der Waals surface area contributed by atoms with E-state index in [1.54, 1.807) is 0 Å². The highest BCUT2D eigenvalue weighted by Gasteiger charge is 2.43. The lowest BCUT2D eigenvalue weighted by Gasteiger charge is -2.03. The molecule has 0 radical (unpaired) electrons. The smallest absolute Gasteiger partial charge is 0.309 e. The van der Waals surface area contributed by atoms with Crippen molar-refractivity contribution >= 4 is 5.97 Å². The first-order valence-corrected chi connectivity index (χ1v) is 5.12. The van der Waals surface area contributed by atoms with E-state index < -0.39 is 0 Å². The molecule has 0 aliphatic heterocycles. The molecule has 3 nitrogen and oxygen atoms in total. The molecular formula is C12H14O3. The predicted octanol–water partition coefficient (Wildman–Crippen LogP) is 1.36. The normalized spacial score (nSPS) is 23.5. The van der Waals surface area contributed by atoms with Crippen molar-refractivity contribution in [2.45, 2.75) is 13.0 Å². The molecule has 1 aromatic carbocycles. The molecular weight excluding hydrogens is 192 g/mol. The summed E-state index contributed by atoms with van der Waals surface area (Å²) in [6.45, 7) is 0.416. The molecule has 0 amide bonds. The number of carbonyl (C=O) groups excluding carboxylic acids is 1. The van der Waals surface area contributed by atoms with Gasteiger partial charge in [-0.2, -0.15) is 0 Å². The van der Waals surface area contributed by atoms with Gasteiger partial charge in [-0.05, 0) is 17.9 Å². The van der Waals surface area contributed by atoms with Gasteiger partial charge in [0.2, 0.25) is 0 Å². The Hall–Kier alpha value is -1.35. The summed E-state index contributed by atoms with van der Waals surface area (Å²) >= 11 is 0. The van der Waals surface area contributed by atoms with Gasteiger partial charge in [0.25, 0.3) is 0 Å². The first kappa shape index (κ1) is 10.2. The van der Waals surface area contributed by atoms with Crippen LogP contribution < -0.4 is 0 Å². The topological polar surface area (TPSA) is 46.5 Å². The lowest BCUT2D eigenvalue weighted by molar-refractivity contribution is -0.147. The van der Waals surface area contributed by atoms with Crippen LogP contribution in [0.5, 0.6) is 0 Å². The maximum atomic E-state index is 11.4. The monoisotopic (exact) mass is 206 g/mol. The van der Waals surface area contributed by atoms with E-state index in [1.807, 2.05) is 30.3 Å². The molecule has 0 aromatic heterocycles. The molecule has 2 atom stereocenters. The summed E-state index contributed by atoms with van der Waals surface area (Å²) in [5.74, 6) is -0.120. The number of hydrogen-bond donors (Lipinski definition) is 1. The molecule has 1 fully saturated rings. The van der Waals surface area contributed by atoms with Gasteiger partial charge in [0, 0.05) is 6.61 Å². The van der Waals surface area contributed by atoms with E-state index in [-0.39, 0.29) is 24.4 Å². The van der Waals surface area contributed by atoms with E-state index in [9.17, 15) is 4.79 Å². The Kier molecular flexibility index (Phi) is 3.02. The molecule has 3 heteroatoms. The van der Waals surface area contributed by atoms with E-state index >= 15 is 0 Å². The third kappa shape index (κ3) is 2.57. The molecule has 0 unspecified atom stereocenters. The number of hydrogen-bond acceptors (Lipinski definition) is 3. The number of esters is 1. The minimum atomic E-state index is -0.182. The molecule has 1 aliphatic rings. The number of aliphatic hydroxyl groups excluding tert-OH is 1. The number of ether oxygens (including phenoxy) is 1. The van der Waals surface area contributed by atoms with Gasteiger partial charge >= 0.3 is 5.97 Å². The molecule has 1 saturated carbocycles. The predicted molar refractivity (Wildman–Crippen MR) is 54.9 cm³/mol. The fourth-order valence-electron chi connectivity index (χ4n) is 1.57. The fourth-order valence-corrected chi connectivity index (χ4v) is 1.57. The molecule has 0 saturated heterocycles. The average molecular weight is 206 g/mol. The van der Waals surface area contributed by atoms with Crippen LogP contribution >= 0.6 is 0 Å². The van der Waals surface area contributed by atoms with Gasteiger partial charge in [-0.25, -0.2) is 0 Å². The lowest BCUT2D eigenvalue weighted by atomic mass is 10.2. The summed E-state index contributed by atoms with van der Waals surface area (Å²) in [4.78, 5) is 11.4. The molecule has 15 heavy (non-hydrogen) atoms. The minimum Gasteiger partial charge on any atom is -0.461 e. The Bertz CT molecular complexity index is 334. The van der Waals surface area contributed by atoms with Gasteiger partial charge in [-0.1, -0.05) is 30.3 Å². The van der Waals surface area contributed by atoms with Crippen LogP contribution in [0.2, 0.25) is 0 Å². The zero-order valence-corrected chi connectivity index (χ0v) is 8.43. The second-order valence-corrected chi connectivity index (χ2v) is 3.88. The van der Waals surface area contributed by atoms with Gasteiger partial charge < -0.3 is 9.84 Å². The maximum Gasteiger partial charge on any atom is 0.309 e. The van der Waals surface area contributed by atoms with Gasteiger partial charge in [0.05, 0.1) is 5.92 Å². The molecule has 80 valence electrons. The van der Waals surface area contributed by atoms with Gasteiger partial charge in [-0.15, -0.1) is 0 Å². The number of benzene rings is 1. The first-order chi connectivity index (χ1) is 7.31. The lowest BCUT2D eigenvalue weighted by Crippen LogP contribution is -2.09. The molecule has 1 N–H and O–H groups in total. The summed E-state index contributed by atoms with van der Waals surface area (Å²) in [7, 11) is 0. The minimum absolute atomic E-state index is 0.0706. The van der Waals surface area contributed by atoms with Crippen molar-refractivity contribution in [3.05, 3.63) is 35.9 Å². The SMILES string of the molecule is O=C(OCc1ccccc1)[C@@H]1C[C@@H]1CO. The quantitative estimate of drug-likeness (QED) is 0.756. The maximum absolute atomic E-state index is 11.4. The first-order valence-electron chi connectivity index (χ1n) is 5.12. The highest BCUT2D eigenvalue weighted by atomic mass is 16.5. The Labute approximate surface area is 88.7 Å². The Morgan fingerprint density at radius 2 is 2.13 bits per heavy atom. The average Bonchev–Trinajstić information content (AvgIpc) is 3.06. The third-order valence-corrected chi connectivity index (χ3v) is 2.68. The van der Waals surface area contributed by atoms with Crippen LogP contribution in [0.1, 0.15) is 12.0 Å². The third-order valence-electron chi connectivity index (χ3n) is 2.68. The van der Waals surface area contributed by atoms with Gasteiger partial charge in [-0.3, -0.25) is 4.79 Å². The highest BCUT2D eigenvalue weighted by molar-refractivity contribution is 5.75. The van der Waals surface area contributed by atoms with Crippen LogP contribution in [-0.4, -0.2) is 17.7 Å². The zero-order chi connectivity index (χ0) is 10.7. The summed E-state index contributed by atoms with van der Waals surface area (Å²) in [5, 5.41) is 8.80. The van der Waals surface area contributed by atoms with E-state index in [0.717, 1.165) is 12.0 Å². The standard InChI is InChI=1S/C12H14O3/c13-7-10-6-11(10)12(14)15-8-9-4-2-1-3-5-9/h1-5,10-11,13H,6-8H2/t10-,11-/m1/s1. The van der Waals surface area contributed by atoms with Crippen molar-refractivity contribution in [2.75, 3.05) is 6.61 Å². The molecule has 0 bridgehead atoms. The molecule has 2 rings (SSSR count). The number of rotatable bonds is 4. The van der Waals surface area contributed by atoms with Crippen molar-refractivity contribution < 1.29 is 14.6 Å². The summed E-state index contributed by atoms with van der Waals surface area (Å²) in [6.07, 6.45) is 0.768. The van der Waals surface area contributed by atoms with Crippen LogP contribution in [0.4, 0.5) is 0 Å². The van der Waals surface area contributed by atoms with E-state index in [0.29, 0.717) is 6.61 Å². The van der Waals surface area contributed by atoms with E-state index in [1.165, 1.54) is 0 Å². The Morgan fingerprint density at radius 1 is 1.40 bits per heavy atom. The van der Waals surface area contributed by atoms with Crippen LogP contribution in [0, 0.1) is 11.8 Å². The van der Waals surface area contributed by atoms with Crippen molar-refractivity contribution in [3.63, 3.8) is 0 Å². The van der Waals surface area contributed by atoms with Crippen molar-refractivity contribution in [2.24, 2.45) is 11.8 Å². The summed E-state index contributed by atoms with van der Waals surface area (Å²) in [5.41, 5.74) is 0.993. The largest absolute Gasteiger partial charge is 0.461 e. The van der Waals surface area contributed by atoms with Crippen molar-refractivity contribution in [1.29, 1.82) is 0 Å². The van der Waals surface area contributed by atoms with Crippen LogP contribution in [0.3, 0.4) is 0 Å². The molecule has 0 heterocycles. The summed E-state index contributed by atoms with van der Waals surface area (Å²) in [6, 6.07) is 9.59. The van der Waals surface area contributed by atoms with Crippen molar-refractivity contribution in [3.8, 4) is 0 Å². The molecule has 1 aromatic rings. The fraction of sp³-hybridized carbons (Fsp3) is 0.417. The van der Waals surface area contributed by atoms with Crippen LogP contribution in [-0.2, 0) is 16.1 Å². The van der Waals surface area contributed by atoms with E-state index in [2.05, 4.69) is 0 Å². The zero-order valence-electron chi connectivity index (χ0n) is 8.43. The van der Waals surface area contributed by atoms with E-state index in [4.69, 9.17) is 9.84 Å². The molecule has 1 aliphatic carbocycles. The van der Waals surface area contributed by atoms with Crippen LogP contribution in [0.15, 0.2) is 30.3 Å². The van der Waals surface area contributed by atoms with Crippen molar-refractivity contribution in [1.82, 2.24) is 0 Å². The Balaban J connectivity index is 1.77. The number of aliphatic hydroxyl groups is 1. The summed E-state index contributed by atoms with van der Waals surface area (Å²) < 4.78 is 5.13. The van der Waals surface area contributed by atoms with Gasteiger partial charge in [0.15, 0.2) is 0 Å².